The van der Waals surface area contributed by atoms with E-state index in [9.17, 15) is 4.79 Å². The first kappa shape index (κ1) is 18.3. The number of hydrogen-bond donors (Lipinski definition) is 1. The molecule has 1 aliphatic rings. The molecular weight excluding hydrogens is 334 g/mol. The number of methoxy groups -OCH3 is 2. The lowest BCUT2D eigenvalue weighted by molar-refractivity contribution is -0.117. The molecule has 0 unspecified atom stereocenters. The van der Waals surface area contributed by atoms with Crippen molar-refractivity contribution in [2.75, 3.05) is 52.3 Å². The Kier molecular flexibility index (Phi) is 6.14. The molecule has 2 aromatic rings. The van der Waals surface area contributed by atoms with E-state index in [2.05, 4.69) is 15.1 Å². The SMILES string of the molecule is COc1ccc(OC)c(NC(=O)CN2CCN(Cc3ccco3)CC2)c1. The predicted octanol–water partition coefficient (Wildman–Crippen LogP) is 2.05. The molecule has 0 radical (unpaired) electrons. The van der Waals surface area contributed by atoms with Crippen LogP contribution in [0.2, 0.25) is 0 Å². The molecule has 0 aliphatic carbocycles. The normalized spacial score (nSPS) is 15.6. The fourth-order valence-electron chi connectivity index (χ4n) is 3.03. The van der Waals surface area contributed by atoms with Crippen LogP contribution in [0.5, 0.6) is 11.5 Å². The Morgan fingerprint density at radius 2 is 1.88 bits per heavy atom. The Bertz CT molecular complexity index is 710. The van der Waals surface area contributed by atoms with E-state index in [-0.39, 0.29) is 5.91 Å². The number of nitrogens with one attached hydrogen (secondary N) is 1. The zero-order chi connectivity index (χ0) is 18.4. The number of carbonyl (C=O) groups is 1. The zero-order valence-corrected chi connectivity index (χ0v) is 15.2. The van der Waals surface area contributed by atoms with Crippen LogP contribution in [0.25, 0.3) is 0 Å². The number of anilines is 1. The van der Waals surface area contributed by atoms with Gasteiger partial charge in [0.15, 0.2) is 0 Å². The number of carbonyl (C=O) groups excluding carboxylic acids is 1. The molecule has 7 heteroatoms. The van der Waals surface area contributed by atoms with Crippen LogP contribution in [0.15, 0.2) is 41.0 Å². The standard InChI is InChI=1S/C19H25N3O4/c1-24-15-5-6-18(25-2)17(12-15)20-19(23)14-22-9-7-21(8-10-22)13-16-4-3-11-26-16/h3-6,11-12H,7-10,13-14H2,1-2H3,(H,20,23). The van der Waals surface area contributed by atoms with E-state index in [0.29, 0.717) is 23.7 Å². The minimum atomic E-state index is -0.0592. The minimum absolute atomic E-state index is 0.0592. The second-order valence-corrected chi connectivity index (χ2v) is 6.25. The highest BCUT2D eigenvalue weighted by atomic mass is 16.5. The maximum Gasteiger partial charge on any atom is 0.238 e. The van der Waals surface area contributed by atoms with Gasteiger partial charge in [-0.3, -0.25) is 14.6 Å². The maximum atomic E-state index is 12.4. The molecule has 1 fully saturated rings. The number of hydrogen-bond acceptors (Lipinski definition) is 6. The van der Waals surface area contributed by atoms with Gasteiger partial charge in [0.25, 0.3) is 0 Å². The first-order valence-corrected chi connectivity index (χ1v) is 8.67. The molecule has 0 bridgehead atoms. The third kappa shape index (κ3) is 4.77. The smallest absolute Gasteiger partial charge is 0.238 e. The zero-order valence-electron chi connectivity index (χ0n) is 15.2. The maximum absolute atomic E-state index is 12.4. The molecule has 2 heterocycles. The predicted molar refractivity (Wildman–Crippen MR) is 98.6 cm³/mol. The second kappa shape index (κ2) is 8.73. The Morgan fingerprint density at radius 3 is 2.54 bits per heavy atom. The highest BCUT2D eigenvalue weighted by Gasteiger charge is 2.20. The lowest BCUT2D eigenvalue weighted by Crippen LogP contribution is -2.48. The summed E-state index contributed by atoms with van der Waals surface area (Å²) in [5, 5.41) is 2.92. The topological polar surface area (TPSA) is 67.2 Å². The Hall–Kier alpha value is -2.51. The van der Waals surface area contributed by atoms with Crippen molar-refractivity contribution >= 4 is 11.6 Å². The van der Waals surface area contributed by atoms with Gasteiger partial charge in [0, 0.05) is 32.2 Å². The molecule has 1 N–H and O–H groups in total. The van der Waals surface area contributed by atoms with Crippen molar-refractivity contribution in [3.8, 4) is 11.5 Å². The summed E-state index contributed by atoms with van der Waals surface area (Å²) >= 11 is 0. The van der Waals surface area contributed by atoms with E-state index in [1.54, 1.807) is 38.7 Å². The fraction of sp³-hybridized carbons (Fsp3) is 0.421. The fourth-order valence-corrected chi connectivity index (χ4v) is 3.03. The minimum Gasteiger partial charge on any atom is -0.497 e. The van der Waals surface area contributed by atoms with E-state index in [1.807, 2.05) is 12.1 Å². The summed E-state index contributed by atoms with van der Waals surface area (Å²) in [6.07, 6.45) is 1.70. The van der Waals surface area contributed by atoms with Crippen molar-refractivity contribution in [1.29, 1.82) is 0 Å². The molecule has 1 amide bonds. The lowest BCUT2D eigenvalue weighted by Gasteiger charge is -2.33. The second-order valence-electron chi connectivity index (χ2n) is 6.25. The molecule has 26 heavy (non-hydrogen) atoms. The highest BCUT2D eigenvalue weighted by Crippen LogP contribution is 2.28. The third-order valence-electron chi connectivity index (χ3n) is 4.47. The summed E-state index contributed by atoms with van der Waals surface area (Å²) in [6, 6.07) is 9.23. The van der Waals surface area contributed by atoms with E-state index in [4.69, 9.17) is 13.9 Å². The van der Waals surface area contributed by atoms with Crippen molar-refractivity contribution in [3.05, 3.63) is 42.4 Å². The quantitative estimate of drug-likeness (QED) is 0.816. The van der Waals surface area contributed by atoms with Crippen LogP contribution in [0.4, 0.5) is 5.69 Å². The van der Waals surface area contributed by atoms with Gasteiger partial charge in [-0.1, -0.05) is 0 Å². The van der Waals surface area contributed by atoms with Crippen LogP contribution >= 0.6 is 0 Å². The monoisotopic (exact) mass is 359 g/mol. The van der Waals surface area contributed by atoms with Gasteiger partial charge >= 0.3 is 0 Å². The number of furan rings is 1. The van der Waals surface area contributed by atoms with Crippen molar-refractivity contribution in [1.82, 2.24) is 9.80 Å². The van der Waals surface area contributed by atoms with E-state index in [1.165, 1.54) is 0 Å². The number of nitrogens with zero attached hydrogens (tertiary/aromatic N) is 2. The van der Waals surface area contributed by atoms with Gasteiger partial charge in [-0.05, 0) is 24.3 Å². The van der Waals surface area contributed by atoms with E-state index in [0.717, 1.165) is 38.5 Å². The third-order valence-corrected chi connectivity index (χ3v) is 4.47. The first-order chi connectivity index (χ1) is 12.7. The van der Waals surface area contributed by atoms with Gasteiger partial charge in [0.05, 0.1) is 39.3 Å². The molecular formula is C19H25N3O4. The van der Waals surface area contributed by atoms with Gasteiger partial charge in [0.2, 0.25) is 5.91 Å². The lowest BCUT2D eigenvalue weighted by atomic mass is 10.2. The summed E-state index contributed by atoms with van der Waals surface area (Å²) in [5.74, 6) is 2.20. The van der Waals surface area contributed by atoms with Gasteiger partial charge in [-0.2, -0.15) is 0 Å². The summed E-state index contributed by atoms with van der Waals surface area (Å²) in [5.41, 5.74) is 0.619. The average molecular weight is 359 g/mol. The Labute approximate surface area is 153 Å². The Balaban J connectivity index is 1.48. The van der Waals surface area contributed by atoms with Crippen molar-refractivity contribution < 1.29 is 18.7 Å². The van der Waals surface area contributed by atoms with Gasteiger partial charge in [-0.15, -0.1) is 0 Å². The summed E-state index contributed by atoms with van der Waals surface area (Å²) < 4.78 is 15.9. The molecule has 1 aromatic carbocycles. The first-order valence-electron chi connectivity index (χ1n) is 8.67. The van der Waals surface area contributed by atoms with Crippen LogP contribution in [0.3, 0.4) is 0 Å². The van der Waals surface area contributed by atoms with Crippen LogP contribution in [-0.2, 0) is 11.3 Å². The van der Waals surface area contributed by atoms with Crippen molar-refractivity contribution in [2.45, 2.75) is 6.54 Å². The van der Waals surface area contributed by atoms with E-state index >= 15 is 0 Å². The largest absolute Gasteiger partial charge is 0.497 e. The molecule has 1 aromatic heterocycles. The molecule has 3 rings (SSSR count). The molecule has 1 saturated heterocycles. The highest BCUT2D eigenvalue weighted by molar-refractivity contribution is 5.94. The van der Waals surface area contributed by atoms with E-state index < -0.39 is 0 Å². The van der Waals surface area contributed by atoms with Gasteiger partial charge in [-0.25, -0.2) is 0 Å². The number of amides is 1. The molecule has 0 spiro atoms. The molecule has 140 valence electrons. The molecule has 0 saturated carbocycles. The summed E-state index contributed by atoms with van der Waals surface area (Å²) in [7, 11) is 3.17. The molecule has 0 atom stereocenters. The van der Waals surface area contributed by atoms with Gasteiger partial charge < -0.3 is 19.2 Å². The number of piperazine rings is 1. The van der Waals surface area contributed by atoms with Crippen LogP contribution < -0.4 is 14.8 Å². The Morgan fingerprint density at radius 1 is 1.12 bits per heavy atom. The van der Waals surface area contributed by atoms with Crippen LogP contribution in [0, 0.1) is 0 Å². The van der Waals surface area contributed by atoms with Crippen LogP contribution in [0.1, 0.15) is 5.76 Å². The van der Waals surface area contributed by atoms with Crippen molar-refractivity contribution in [3.63, 3.8) is 0 Å². The summed E-state index contributed by atoms with van der Waals surface area (Å²) in [6.45, 7) is 4.70. The number of rotatable bonds is 7. The average Bonchev–Trinajstić information content (AvgIpc) is 3.16. The molecule has 7 nitrogen and oxygen atoms in total. The number of ether oxygens (including phenoxy) is 2. The van der Waals surface area contributed by atoms with Crippen LogP contribution in [-0.4, -0.2) is 62.7 Å². The van der Waals surface area contributed by atoms with Gasteiger partial charge in [0.1, 0.15) is 17.3 Å². The van der Waals surface area contributed by atoms with Crippen molar-refractivity contribution in [2.24, 2.45) is 0 Å². The molecule has 1 aliphatic heterocycles. The summed E-state index contributed by atoms with van der Waals surface area (Å²) in [4.78, 5) is 16.9. The number of benzene rings is 1.